The number of rotatable bonds is 3. The molecule has 4 nitrogen and oxygen atoms in total. The first kappa shape index (κ1) is 13.2. The van der Waals surface area contributed by atoms with E-state index < -0.39 is 6.10 Å². The number of likely N-dealkylation sites (tertiary alicyclic amines) is 1. The molecule has 0 bridgehead atoms. The molecule has 2 rings (SSSR count). The summed E-state index contributed by atoms with van der Waals surface area (Å²) >= 11 is 5.83. The third-order valence-electron chi connectivity index (χ3n) is 3.06. The van der Waals surface area contributed by atoms with Crippen LogP contribution >= 0.6 is 11.6 Å². The topological polar surface area (TPSA) is 52.6 Å². The van der Waals surface area contributed by atoms with Gasteiger partial charge in [0.2, 0.25) is 0 Å². The normalized spacial score (nSPS) is 17.2. The van der Waals surface area contributed by atoms with E-state index >= 15 is 0 Å². The lowest BCUT2D eigenvalue weighted by Gasteiger charge is -2.39. The van der Waals surface area contributed by atoms with Crippen molar-refractivity contribution in [1.82, 2.24) is 10.2 Å². The zero-order valence-electron chi connectivity index (χ0n) is 10.3. The Labute approximate surface area is 112 Å². The van der Waals surface area contributed by atoms with Gasteiger partial charge in [-0.05, 0) is 24.6 Å². The first-order chi connectivity index (χ1) is 8.56. The minimum Gasteiger partial charge on any atom is -0.392 e. The number of aliphatic hydroxyl groups excluding tert-OH is 1. The van der Waals surface area contributed by atoms with E-state index in [0.29, 0.717) is 25.6 Å². The number of nitrogens with zero attached hydrogens (tertiary/aromatic N) is 1. The summed E-state index contributed by atoms with van der Waals surface area (Å²) in [6, 6.07) is 7.62. The number of hydrogen-bond acceptors (Lipinski definition) is 2. The molecule has 0 spiro atoms. The molecule has 2 N–H and O–H groups in total. The Morgan fingerprint density at radius 2 is 2.11 bits per heavy atom. The van der Waals surface area contributed by atoms with Gasteiger partial charge in [0.25, 0.3) is 0 Å². The fraction of sp³-hybridized carbons (Fsp3) is 0.462. The molecule has 98 valence electrons. The van der Waals surface area contributed by atoms with E-state index in [1.54, 1.807) is 11.8 Å². The van der Waals surface area contributed by atoms with Gasteiger partial charge < -0.3 is 15.3 Å². The lowest BCUT2D eigenvalue weighted by molar-refractivity contribution is 0.141. The minimum absolute atomic E-state index is 0.110. The number of urea groups is 1. The summed E-state index contributed by atoms with van der Waals surface area (Å²) in [6.07, 6.45) is -0.512. The van der Waals surface area contributed by atoms with Crippen LogP contribution < -0.4 is 5.32 Å². The summed E-state index contributed by atoms with van der Waals surface area (Å²) in [5.41, 5.74) is 1.21. The number of nitrogens with one attached hydrogen (secondary N) is 1. The fourth-order valence-corrected chi connectivity index (χ4v) is 2.06. The van der Waals surface area contributed by atoms with E-state index in [1.165, 1.54) is 5.56 Å². The van der Waals surface area contributed by atoms with Crippen molar-refractivity contribution in [3.05, 3.63) is 34.9 Å². The van der Waals surface area contributed by atoms with Crippen LogP contribution in [0.3, 0.4) is 0 Å². The zero-order valence-corrected chi connectivity index (χ0v) is 11.0. The first-order valence-corrected chi connectivity index (χ1v) is 6.40. The SMILES string of the molecule is C[C@@H](O)CNC(=O)N1CC(c2ccc(Cl)cc2)C1. The van der Waals surface area contributed by atoms with E-state index in [9.17, 15) is 4.79 Å². The van der Waals surface area contributed by atoms with Crippen molar-refractivity contribution in [3.8, 4) is 0 Å². The van der Waals surface area contributed by atoms with E-state index in [1.807, 2.05) is 24.3 Å². The lowest BCUT2D eigenvalue weighted by Crippen LogP contribution is -2.53. The summed E-state index contributed by atoms with van der Waals surface area (Å²) < 4.78 is 0. The molecule has 1 aliphatic heterocycles. The number of aliphatic hydroxyl groups is 1. The molecule has 18 heavy (non-hydrogen) atoms. The predicted octanol–water partition coefficient (Wildman–Crippen LogP) is 1.83. The van der Waals surface area contributed by atoms with Gasteiger partial charge in [-0.15, -0.1) is 0 Å². The number of amides is 2. The summed E-state index contributed by atoms with van der Waals surface area (Å²) in [5.74, 6) is 0.388. The molecular weight excluding hydrogens is 252 g/mol. The Hall–Kier alpha value is -1.26. The van der Waals surface area contributed by atoms with Gasteiger partial charge in [-0.3, -0.25) is 0 Å². The Bertz CT molecular complexity index is 414. The maximum Gasteiger partial charge on any atom is 0.317 e. The van der Waals surface area contributed by atoms with E-state index in [0.717, 1.165) is 5.02 Å². The number of hydrogen-bond donors (Lipinski definition) is 2. The molecule has 1 heterocycles. The highest BCUT2D eigenvalue weighted by molar-refractivity contribution is 6.30. The largest absolute Gasteiger partial charge is 0.392 e. The Morgan fingerprint density at radius 3 is 2.67 bits per heavy atom. The van der Waals surface area contributed by atoms with Gasteiger partial charge in [0.1, 0.15) is 0 Å². The maximum absolute atomic E-state index is 11.6. The van der Waals surface area contributed by atoms with Gasteiger partial charge >= 0.3 is 6.03 Å². The standard InChI is InChI=1S/C13H17ClN2O2/c1-9(17)6-15-13(18)16-7-11(8-16)10-2-4-12(14)5-3-10/h2-5,9,11,17H,6-8H2,1H3,(H,15,18)/t9-/m1/s1. The van der Waals surface area contributed by atoms with Crippen LogP contribution in [0.1, 0.15) is 18.4 Å². The lowest BCUT2D eigenvalue weighted by atomic mass is 9.92. The molecule has 1 aromatic rings. The average molecular weight is 269 g/mol. The molecular formula is C13H17ClN2O2. The van der Waals surface area contributed by atoms with Crippen LogP contribution in [0.5, 0.6) is 0 Å². The zero-order chi connectivity index (χ0) is 13.1. The smallest absolute Gasteiger partial charge is 0.317 e. The third kappa shape index (κ3) is 3.15. The number of halogens is 1. The van der Waals surface area contributed by atoms with Gasteiger partial charge in [-0.1, -0.05) is 23.7 Å². The van der Waals surface area contributed by atoms with Crippen molar-refractivity contribution in [2.24, 2.45) is 0 Å². The van der Waals surface area contributed by atoms with Crippen molar-refractivity contribution in [1.29, 1.82) is 0 Å². The first-order valence-electron chi connectivity index (χ1n) is 6.02. The predicted molar refractivity (Wildman–Crippen MR) is 70.8 cm³/mol. The third-order valence-corrected chi connectivity index (χ3v) is 3.31. The Balaban J connectivity index is 1.79. The second kappa shape index (κ2) is 5.59. The van der Waals surface area contributed by atoms with Gasteiger partial charge in [0, 0.05) is 30.6 Å². The number of carbonyl (C=O) groups excluding carboxylic acids is 1. The second-order valence-corrected chi connectivity index (χ2v) is 5.12. The average Bonchev–Trinajstić information content (AvgIpc) is 2.27. The minimum atomic E-state index is -0.512. The molecule has 0 radical (unpaired) electrons. The summed E-state index contributed by atoms with van der Waals surface area (Å²) in [6.45, 7) is 3.37. The van der Waals surface area contributed by atoms with Crippen LogP contribution in [-0.4, -0.2) is 41.8 Å². The van der Waals surface area contributed by atoms with Crippen molar-refractivity contribution < 1.29 is 9.90 Å². The molecule has 0 aliphatic carbocycles. The van der Waals surface area contributed by atoms with Gasteiger partial charge in [-0.25, -0.2) is 4.79 Å². The molecule has 5 heteroatoms. The van der Waals surface area contributed by atoms with Crippen molar-refractivity contribution >= 4 is 17.6 Å². The van der Waals surface area contributed by atoms with Crippen LogP contribution in [0.25, 0.3) is 0 Å². The van der Waals surface area contributed by atoms with Crippen LogP contribution in [0.4, 0.5) is 4.79 Å². The van der Waals surface area contributed by atoms with Crippen LogP contribution in [-0.2, 0) is 0 Å². The molecule has 1 aliphatic rings. The molecule has 1 fully saturated rings. The molecule has 0 unspecified atom stereocenters. The summed E-state index contributed by atoms with van der Waals surface area (Å²) in [7, 11) is 0. The van der Waals surface area contributed by atoms with Crippen LogP contribution in [0.15, 0.2) is 24.3 Å². The van der Waals surface area contributed by atoms with E-state index in [-0.39, 0.29) is 6.03 Å². The van der Waals surface area contributed by atoms with Crippen molar-refractivity contribution in [2.75, 3.05) is 19.6 Å². The highest BCUT2D eigenvalue weighted by Gasteiger charge is 2.31. The molecule has 1 saturated heterocycles. The Morgan fingerprint density at radius 1 is 1.50 bits per heavy atom. The van der Waals surface area contributed by atoms with Crippen LogP contribution in [0, 0.1) is 0 Å². The molecule has 0 saturated carbocycles. The van der Waals surface area contributed by atoms with E-state index in [4.69, 9.17) is 16.7 Å². The number of carbonyl (C=O) groups is 1. The van der Waals surface area contributed by atoms with Crippen LogP contribution in [0.2, 0.25) is 5.02 Å². The van der Waals surface area contributed by atoms with E-state index in [2.05, 4.69) is 5.32 Å². The van der Waals surface area contributed by atoms with Gasteiger partial charge in [0.15, 0.2) is 0 Å². The monoisotopic (exact) mass is 268 g/mol. The highest BCUT2D eigenvalue weighted by atomic mass is 35.5. The number of benzene rings is 1. The quantitative estimate of drug-likeness (QED) is 0.879. The molecule has 2 amide bonds. The molecule has 0 aromatic heterocycles. The van der Waals surface area contributed by atoms with Crippen molar-refractivity contribution in [2.45, 2.75) is 18.9 Å². The molecule has 1 atom stereocenters. The summed E-state index contributed by atoms with van der Waals surface area (Å²) in [5, 5.41) is 12.5. The summed E-state index contributed by atoms with van der Waals surface area (Å²) in [4.78, 5) is 13.4. The fourth-order valence-electron chi connectivity index (χ4n) is 1.94. The van der Waals surface area contributed by atoms with Gasteiger partial charge in [-0.2, -0.15) is 0 Å². The molecule has 1 aromatic carbocycles. The Kier molecular flexibility index (Phi) is 4.09. The van der Waals surface area contributed by atoms with Crippen molar-refractivity contribution in [3.63, 3.8) is 0 Å². The van der Waals surface area contributed by atoms with Gasteiger partial charge in [0.05, 0.1) is 6.10 Å². The second-order valence-electron chi connectivity index (χ2n) is 4.69. The maximum atomic E-state index is 11.6. The highest BCUT2D eigenvalue weighted by Crippen LogP contribution is 2.27.